The molecule has 3 aromatic carbocycles. The van der Waals surface area contributed by atoms with Gasteiger partial charge in [-0.2, -0.15) is 13.2 Å². The van der Waals surface area contributed by atoms with Crippen LogP contribution in [0.25, 0.3) is 11.1 Å². The smallest absolute Gasteiger partial charge is 0.416 e. The van der Waals surface area contributed by atoms with E-state index >= 15 is 0 Å². The van der Waals surface area contributed by atoms with Gasteiger partial charge in [-0.25, -0.2) is 15.2 Å². The van der Waals surface area contributed by atoms with Gasteiger partial charge in [0.2, 0.25) is 0 Å². The second-order valence-electron chi connectivity index (χ2n) is 9.89. The Bertz CT molecular complexity index is 1680. The average molecular weight is 563 g/mol. The largest absolute Gasteiger partial charge is 0.504 e. The van der Waals surface area contributed by atoms with Gasteiger partial charge in [-0.05, 0) is 79.9 Å². The molecular formula is C30H25F3N4O4. The van der Waals surface area contributed by atoms with Crippen molar-refractivity contribution in [2.75, 3.05) is 10.3 Å². The molecule has 210 valence electrons. The summed E-state index contributed by atoms with van der Waals surface area (Å²) in [5.41, 5.74) is 8.42. The van der Waals surface area contributed by atoms with Crippen LogP contribution in [0.2, 0.25) is 0 Å². The summed E-state index contributed by atoms with van der Waals surface area (Å²) in [6, 6.07) is 14.9. The number of carbonyl (C=O) groups excluding carboxylic acids is 1. The van der Waals surface area contributed by atoms with Crippen LogP contribution in [0.15, 0.2) is 66.7 Å². The molecule has 11 heteroatoms. The van der Waals surface area contributed by atoms with Gasteiger partial charge in [-0.3, -0.25) is 9.69 Å². The minimum absolute atomic E-state index is 0.0295. The maximum absolute atomic E-state index is 13.7. The van der Waals surface area contributed by atoms with E-state index in [1.165, 1.54) is 23.1 Å². The van der Waals surface area contributed by atoms with Crippen molar-refractivity contribution in [3.63, 3.8) is 0 Å². The predicted molar refractivity (Wildman–Crippen MR) is 147 cm³/mol. The fourth-order valence-electron chi connectivity index (χ4n) is 4.96. The van der Waals surface area contributed by atoms with Crippen LogP contribution in [-0.4, -0.2) is 27.1 Å². The Morgan fingerprint density at radius 1 is 0.976 bits per heavy atom. The van der Waals surface area contributed by atoms with Crippen LogP contribution in [0, 0.1) is 20.8 Å². The maximum Gasteiger partial charge on any atom is 0.416 e. The molecule has 1 aromatic heterocycles. The number of rotatable bonds is 6. The second-order valence-corrected chi connectivity index (χ2v) is 9.89. The van der Waals surface area contributed by atoms with Crippen molar-refractivity contribution in [3.8, 4) is 16.9 Å². The van der Waals surface area contributed by atoms with Gasteiger partial charge in [-0.1, -0.05) is 24.3 Å². The molecule has 0 aliphatic carbocycles. The minimum atomic E-state index is -4.61. The topological polar surface area (TPSA) is 115 Å². The fraction of sp³-hybridized carbons (Fsp3) is 0.167. The van der Waals surface area contributed by atoms with Crippen LogP contribution in [0.3, 0.4) is 0 Å². The van der Waals surface area contributed by atoms with Crippen LogP contribution in [0.1, 0.15) is 44.3 Å². The number of fused-ring (bicyclic) bond motifs is 1. The highest BCUT2D eigenvalue weighted by atomic mass is 19.4. The molecule has 1 aliphatic heterocycles. The number of anilines is 3. The van der Waals surface area contributed by atoms with E-state index in [9.17, 15) is 33.0 Å². The molecule has 0 radical (unpaired) electrons. The maximum atomic E-state index is 13.7. The Hall–Kier alpha value is -4.90. The zero-order valence-electron chi connectivity index (χ0n) is 22.2. The summed E-state index contributed by atoms with van der Waals surface area (Å²) in [5, 5.41) is 20.4. The van der Waals surface area contributed by atoms with Crippen LogP contribution < -0.4 is 15.8 Å². The Labute approximate surface area is 233 Å². The molecular weight excluding hydrogens is 537 g/mol. The molecule has 0 spiro atoms. The number of aromatic nitrogens is 1. The third-order valence-corrected chi connectivity index (χ3v) is 6.72. The number of amides is 1. The minimum Gasteiger partial charge on any atom is -0.504 e. The Balaban J connectivity index is 1.52. The van der Waals surface area contributed by atoms with Crippen molar-refractivity contribution in [3.05, 3.63) is 100 Å². The van der Waals surface area contributed by atoms with E-state index in [1.807, 2.05) is 19.9 Å². The third-order valence-electron chi connectivity index (χ3n) is 6.72. The van der Waals surface area contributed by atoms with Gasteiger partial charge < -0.3 is 15.6 Å². The lowest BCUT2D eigenvalue weighted by Gasteiger charge is -2.21. The Morgan fingerprint density at radius 2 is 1.68 bits per heavy atom. The lowest BCUT2D eigenvalue weighted by molar-refractivity contribution is -0.137. The molecule has 1 aliphatic rings. The normalized spacial score (nSPS) is 14.7. The number of hydrogen-bond donors (Lipinski definition) is 4. The molecule has 4 aromatic rings. The number of carboxylic acids is 1. The number of pyridine rings is 1. The summed E-state index contributed by atoms with van der Waals surface area (Å²) in [4.78, 5) is 30.7. The number of nitrogens with zero attached hydrogens (tertiary/aromatic N) is 2. The van der Waals surface area contributed by atoms with E-state index in [-0.39, 0.29) is 22.8 Å². The lowest BCUT2D eigenvalue weighted by atomic mass is 10.0. The highest BCUT2D eigenvalue weighted by Gasteiger charge is 2.41. The van der Waals surface area contributed by atoms with Crippen LogP contribution in [0.4, 0.5) is 30.4 Å². The first kappa shape index (κ1) is 27.7. The van der Waals surface area contributed by atoms with Crippen molar-refractivity contribution in [2.24, 2.45) is 0 Å². The molecule has 8 nitrogen and oxygen atoms in total. The van der Waals surface area contributed by atoms with E-state index < -0.39 is 29.7 Å². The summed E-state index contributed by atoms with van der Waals surface area (Å²) in [6.45, 7) is 5.33. The monoisotopic (exact) mass is 562 g/mol. The molecule has 1 amide bonds. The predicted octanol–water partition coefficient (Wildman–Crippen LogP) is 6.43. The van der Waals surface area contributed by atoms with Crippen LogP contribution in [-0.2, 0) is 11.0 Å². The number of aromatic carboxylic acids is 1. The number of alkyl halides is 3. The number of aryl methyl sites for hydroxylation is 3. The number of carboxylic acid groups (broad SMARTS) is 1. The zero-order chi connectivity index (χ0) is 29.6. The highest BCUT2D eigenvalue weighted by Crippen LogP contribution is 2.44. The quantitative estimate of drug-likeness (QED) is 0.200. The van der Waals surface area contributed by atoms with Crippen molar-refractivity contribution in [1.82, 2.24) is 10.4 Å². The molecule has 1 atom stereocenters. The average Bonchev–Trinajstić information content (AvgIpc) is 3.18. The van der Waals surface area contributed by atoms with E-state index in [2.05, 4.69) is 15.8 Å². The fourth-order valence-corrected chi connectivity index (χ4v) is 4.96. The molecule has 0 bridgehead atoms. The number of carbonyl (C=O) groups is 2. The summed E-state index contributed by atoms with van der Waals surface area (Å²) >= 11 is 0. The number of hydrogen-bond acceptors (Lipinski definition) is 6. The summed E-state index contributed by atoms with van der Waals surface area (Å²) in [7, 11) is 0. The second kappa shape index (κ2) is 10.3. The van der Waals surface area contributed by atoms with Gasteiger partial charge in [0.25, 0.3) is 5.91 Å². The van der Waals surface area contributed by atoms with Gasteiger partial charge in [-0.15, -0.1) is 0 Å². The van der Waals surface area contributed by atoms with Crippen molar-refractivity contribution in [1.29, 1.82) is 0 Å². The van der Waals surface area contributed by atoms with Crippen molar-refractivity contribution < 1.29 is 33.0 Å². The molecule has 1 unspecified atom stereocenters. The standard InChI is InChI=1S/C30H25F3N4O4/c1-15-9-16(2)11-21(10-15)37-24-14-20(30(31,32)33)7-8-22(24)25(28(37)39)35-36-27-26(38)23(12-17(3)34-27)18-5-4-6-19(13-18)29(40)41/h4-14,25,35,38H,1-3H3,(H,34,36)(H,40,41). The van der Waals surface area contributed by atoms with Gasteiger partial charge >= 0.3 is 12.1 Å². The van der Waals surface area contributed by atoms with Gasteiger partial charge in [0.1, 0.15) is 6.04 Å². The van der Waals surface area contributed by atoms with Gasteiger partial charge in [0, 0.05) is 22.5 Å². The zero-order valence-corrected chi connectivity index (χ0v) is 22.2. The molecule has 2 heterocycles. The van der Waals surface area contributed by atoms with E-state index in [1.54, 1.807) is 37.3 Å². The van der Waals surface area contributed by atoms with E-state index in [0.717, 1.165) is 23.3 Å². The first-order valence-corrected chi connectivity index (χ1v) is 12.5. The van der Waals surface area contributed by atoms with Crippen molar-refractivity contribution >= 4 is 29.1 Å². The molecule has 0 fully saturated rings. The van der Waals surface area contributed by atoms with Gasteiger partial charge in [0.15, 0.2) is 11.6 Å². The number of aromatic hydroxyl groups is 1. The molecule has 5 rings (SSSR count). The molecule has 0 saturated carbocycles. The number of benzene rings is 3. The van der Waals surface area contributed by atoms with Crippen LogP contribution >= 0.6 is 0 Å². The summed E-state index contributed by atoms with van der Waals surface area (Å²) in [5.74, 6) is -2.02. The van der Waals surface area contributed by atoms with Crippen LogP contribution in [0.5, 0.6) is 5.75 Å². The molecule has 4 N–H and O–H groups in total. The Kier molecular flexibility index (Phi) is 6.92. The van der Waals surface area contributed by atoms with E-state index in [0.29, 0.717) is 28.1 Å². The first-order valence-electron chi connectivity index (χ1n) is 12.5. The SMILES string of the molecule is Cc1cc(C)cc(N2C(=O)C(NNc3nc(C)cc(-c4cccc(C(=O)O)c4)c3O)c3ccc(C(F)(F)F)cc32)c1. The number of hydrazine groups is 1. The third kappa shape index (κ3) is 5.31. The number of halogens is 3. The van der Waals surface area contributed by atoms with E-state index in [4.69, 9.17) is 0 Å². The van der Waals surface area contributed by atoms with Crippen molar-refractivity contribution in [2.45, 2.75) is 33.0 Å². The lowest BCUT2D eigenvalue weighted by Crippen LogP contribution is -2.35. The molecule has 41 heavy (non-hydrogen) atoms. The summed E-state index contributed by atoms with van der Waals surface area (Å²) in [6.07, 6.45) is -4.61. The molecule has 0 saturated heterocycles. The highest BCUT2D eigenvalue weighted by molar-refractivity contribution is 6.10. The Morgan fingerprint density at radius 3 is 2.34 bits per heavy atom. The van der Waals surface area contributed by atoms with Gasteiger partial charge in [0.05, 0.1) is 16.8 Å². The summed E-state index contributed by atoms with van der Waals surface area (Å²) < 4.78 is 40.8. The number of nitrogens with one attached hydrogen (secondary N) is 2. The first-order chi connectivity index (χ1) is 19.3.